The van der Waals surface area contributed by atoms with Gasteiger partial charge in [0.05, 0.1) is 0 Å². The second-order valence-corrected chi connectivity index (χ2v) is 4.80. The van der Waals surface area contributed by atoms with Gasteiger partial charge in [-0.15, -0.1) is 0 Å². The summed E-state index contributed by atoms with van der Waals surface area (Å²) >= 11 is 0. The summed E-state index contributed by atoms with van der Waals surface area (Å²) in [6.45, 7) is 0. The molecule has 0 amide bonds. The first-order valence-electron chi connectivity index (χ1n) is 6.44. The fraction of sp³-hybridized carbons (Fsp3) is 0.250. The highest BCUT2D eigenvalue weighted by atomic mass is 19.4. The van der Waals surface area contributed by atoms with Crippen LogP contribution in [0.25, 0.3) is 0 Å². The predicted octanol–water partition coefficient (Wildman–Crippen LogP) is 5.49. The molecule has 0 spiro atoms. The van der Waals surface area contributed by atoms with Gasteiger partial charge in [-0.3, -0.25) is 0 Å². The first kappa shape index (κ1) is 16.4. The predicted molar refractivity (Wildman–Crippen MR) is 71.2 cm³/mol. The third-order valence-corrected chi connectivity index (χ3v) is 3.47. The summed E-state index contributed by atoms with van der Waals surface area (Å²) in [5.41, 5.74) is -5.74. The van der Waals surface area contributed by atoms with E-state index >= 15 is 0 Å². The maximum absolute atomic E-state index is 13.7. The maximum Gasteiger partial charge on any atom is 0.411 e. The van der Waals surface area contributed by atoms with E-state index in [0.717, 1.165) is 24.3 Å². The zero-order chi connectivity index (χ0) is 16.4. The molecule has 0 aromatic heterocycles. The first-order chi connectivity index (χ1) is 10.2. The van der Waals surface area contributed by atoms with Gasteiger partial charge in [0.1, 0.15) is 0 Å². The molecule has 118 valence electrons. The van der Waals surface area contributed by atoms with Crippen molar-refractivity contribution >= 4 is 0 Å². The van der Waals surface area contributed by atoms with Gasteiger partial charge in [0.25, 0.3) is 0 Å². The van der Waals surface area contributed by atoms with Crippen molar-refractivity contribution in [1.29, 1.82) is 0 Å². The molecule has 1 aromatic carbocycles. The number of hydrogen-bond donors (Lipinski definition) is 0. The Kier molecular flexibility index (Phi) is 4.22. The van der Waals surface area contributed by atoms with Crippen LogP contribution >= 0.6 is 0 Å². The maximum atomic E-state index is 13.7. The highest BCUT2D eigenvalue weighted by molar-refractivity contribution is 5.48. The number of alkyl halides is 6. The molecule has 1 aromatic rings. The van der Waals surface area contributed by atoms with Crippen LogP contribution < -0.4 is 0 Å². The van der Waals surface area contributed by atoms with E-state index in [0.29, 0.717) is 0 Å². The average molecular weight is 318 g/mol. The first-order valence-corrected chi connectivity index (χ1v) is 6.44. The van der Waals surface area contributed by atoms with Gasteiger partial charge in [0.15, 0.2) is 0 Å². The molecule has 0 aliphatic heterocycles. The molecule has 2 rings (SSSR count). The molecule has 0 heterocycles. The van der Waals surface area contributed by atoms with E-state index in [1.165, 1.54) is 36.4 Å². The lowest BCUT2D eigenvalue weighted by Crippen LogP contribution is -2.55. The Balaban J connectivity index is 2.84. The van der Waals surface area contributed by atoms with Gasteiger partial charge in [-0.25, -0.2) is 0 Å². The lowest BCUT2D eigenvalue weighted by atomic mass is 9.72. The van der Waals surface area contributed by atoms with Crippen LogP contribution in [0.15, 0.2) is 66.3 Å². The van der Waals surface area contributed by atoms with Crippen molar-refractivity contribution in [3.63, 3.8) is 0 Å². The van der Waals surface area contributed by atoms with Gasteiger partial charge in [-0.1, -0.05) is 60.7 Å². The highest BCUT2D eigenvalue weighted by Gasteiger charge is 2.72. The third kappa shape index (κ3) is 2.58. The van der Waals surface area contributed by atoms with Crippen molar-refractivity contribution in [3.05, 3.63) is 71.8 Å². The lowest BCUT2D eigenvalue weighted by molar-refractivity contribution is -0.288. The van der Waals surface area contributed by atoms with E-state index in [4.69, 9.17) is 0 Å². The fourth-order valence-corrected chi connectivity index (χ4v) is 2.50. The molecule has 1 aliphatic rings. The number of hydrogen-bond acceptors (Lipinski definition) is 0. The van der Waals surface area contributed by atoms with Gasteiger partial charge in [0.2, 0.25) is 5.41 Å². The molecule has 1 aliphatic carbocycles. The van der Waals surface area contributed by atoms with Gasteiger partial charge in [0, 0.05) is 0 Å². The Hall–Kier alpha value is -1.98. The summed E-state index contributed by atoms with van der Waals surface area (Å²) in [6.07, 6.45) is -5.02. The second-order valence-electron chi connectivity index (χ2n) is 4.80. The molecule has 0 radical (unpaired) electrons. The van der Waals surface area contributed by atoms with E-state index in [1.807, 2.05) is 0 Å². The molecule has 6 heteroatoms. The second kappa shape index (κ2) is 5.66. The van der Waals surface area contributed by atoms with Crippen LogP contribution in [0.4, 0.5) is 26.3 Å². The summed E-state index contributed by atoms with van der Waals surface area (Å²) in [6, 6.07) is 5.41. The van der Waals surface area contributed by atoms with Crippen LogP contribution in [0.2, 0.25) is 0 Å². The van der Waals surface area contributed by atoms with Gasteiger partial charge in [-0.2, -0.15) is 26.3 Å². The summed E-state index contributed by atoms with van der Waals surface area (Å²) in [7, 11) is 0. The monoisotopic (exact) mass is 318 g/mol. The Morgan fingerprint density at radius 3 is 1.91 bits per heavy atom. The molecule has 22 heavy (non-hydrogen) atoms. The lowest BCUT2D eigenvalue weighted by Gasteiger charge is -2.38. The van der Waals surface area contributed by atoms with E-state index in [-0.39, 0.29) is 6.42 Å². The number of halogens is 6. The standard InChI is InChI=1S/C16H12F6/c17-15(18,19)14(16(20,21)22,13-10-6-3-7-11-13)12-8-4-1-2-5-9-12/h1,3-11H,2H2. The Morgan fingerprint density at radius 1 is 0.773 bits per heavy atom. The molecule has 0 bridgehead atoms. The van der Waals surface area contributed by atoms with Crippen molar-refractivity contribution in [3.8, 4) is 0 Å². The fourth-order valence-electron chi connectivity index (χ4n) is 2.50. The molecule has 0 atom stereocenters. The van der Waals surface area contributed by atoms with Gasteiger partial charge < -0.3 is 0 Å². The topological polar surface area (TPSA) is 0 Å². The van der Waals surface area contributed by atoms with E-state index in [2.05, 4.69) is 0 Å². The van der Waals surface area contributed by atoms with Gasteiger partial charge >= 0.3 is 12.4 Å². The van der Waals surface area contributed by atoms with Crippen molar-refractivity contribution in [1.82, 2.24) is 0 Å². The number of benzene rings is 1. The van der Waals surface area contributed by atoms with Crippen molar-refractivity contribution in [2.24, 2.45) is 0 Å². The van der Waals surface area contributed by atoms with Crippen molar-refractivity contribution < 1.29 is 26.3 Å². The number of rotatable bonds is 2. The molecule has 0 unspecified atom stereocenters. The minimum Gasteiger partial charge on any atom is -0.169 e. The normalized spacial score (nSPS) is 16.4. The van der Waals surface area contributed by atoms with Crippen LogP contribution in [-0.4, -0.2) is 12.4 Å². The van der Waals surface area contributed by atoms with Crippen LogP contribution in [0, 0.1) is 0 Å². The van der Waals surface area contributed by atoms with E-state index in [1.54, 1.807) is 0 Å². The molecular formula is C16H12F6. The molecule has 0 nitrogen and oxygen atoms in total. The SMILES string of the molecule is FC(F)(F)C(C1=CC=CCC=C1)(c1ccccc1)C(F)(F)F. The molecule has 0 saturated carbocycles. The minimum atomic E-state index is -5.53. The van der Waals surface area contributed by atoms with Crippen molar-refractivity contribution in [2.45, 2.75) is 24.2 Å². The van der Waals surface area contributed by atoms with Crippen LogP contribution in [-0.2, 0) is 5.41 Å². The van der Waals surface area contributed by atoms with Crippen molar-refractivity contribution in [2.75, 3.05) is 0 Å². The van der Waals surface area contributed by atoms with E-state index in [9.17, 15) is 26.3 Å². The molecule has 0 N–H and O–H groups in total. The van der Waals surface area contributed by atoms with Crippen LogP contribution in [0.5, 0.6) is 0 Å². The molecular weight excluding hydrogens is 306 g/mol. The average Bonchev–Trinajstić information content (AvgIpc) is 2.66. The van der Waals surface area contributed by atoms with Crippen LogP contribution in [0.3, 0.4) is 0 Å². The summed E-state index contributed by atoms with van der Waals surface area (Å²) < 4.78 is 81.9. The Morgan fingerprint density at radius 2 is 1.36 bits per heavy atom. The smallest absolute Gasteiger partial charge is 0.169 e. The number of allylic oxidation sites excluding steroid dienone is 6. The largest absolute Gasteiger partial charge is 0.411 e. The summed E-state index contributed by atoms with van der Waals surface area (Å²) in [5.74, 6) is 0. The Bertz CT molecular complexity index is 588. The quantitative estimate of drug-likeness (QED) is 0.632. The third-order valence-electron chi connectivity index (χ3n) is 3.47. The zero-order valence-electron chi connectivity index (χ0n) is 11.2. The molecule has 0 saturated heterocycles. The summed E-state index contributed by atoms with van der Waals surface area (Å²) in [4.78, 5) is 0. The van der Waals surface area contributed by atoms with Gasteiger partial charge in [-0.05, 0) is 17.6 Å². The van der Waals surface area contributed by atoms with Crippen LogP contribution in [0.1, 0.15) is 12.0 Å². The highest BCUT2D eigenvalue weighted by Crippen LogP contribution is 2.56. The zero-order valence-corrected chi connectivity index (χ0v) is 11.2. The van der Waals surface area contributed by atoms with E-state index < -0.39 is 28.9 Å². The molecule has 0 fully saturated rings. The minimum absolute atomic E-state index is 0.278. The summed E-state index contributed by atoms with van der Waals surface area (Å²) in [5, 5.41) is 0. The Labute approximate surface area is 123 Å².